The molecule has 0 unspecified atom stereocenters. The molecule has 0 fully saturated rings. The number of alkyl halides is 3. The van der Waals surface area contributed by atoms with Gasteiger partial charge in [0, 0.05) is 5.56 Å². The van der Waals surface area contributed by atoms with Gasteiger partial charge in [-0.05, 0) is 41.5 Å². The van der Waals surface area contributed by atoms with Crippen LogP contribution in [0.5, 0.6) is 0 Å². The van der Waals surface area contributed by atoms with Crippen molar-refractivity contribution in [1.82, 2.24) is 0 Å². The van der Waals surface area contributed by atoms with Gasteiger partial charge in [-0.25, -0.2) is 4.39 Å². The number of carbonyl (C=O) groups excluding carboxylic acids is 1. The molecular formula is C14H9F4NO. The van der Waals surface area contributed by atoms with Crippen LogP contribution < -0.4 is 5.73 Å². The molecule has 20 heavy (non-hydrogen) atoms. The Morgan fingerprint density at radius 2 is 1.55 bits per heavy atom. The second-order valence-corrected chi connectivity index (χ2v) is 4.17. The second kappa shape index (κ2) is 4.96. The Balaban J connectivity index is 2.47. The molecule has 2 N–H and O–H groups in total. The van der Waals surface area contributed by atoms with Crippen LogP contribution in [0, 0.1) is 5.82 Å². The first-order valence-electron chi connectivity index (χ1n) is 5.55. The first kappa shape index (κ1) is 14.0. The van der Waals surface area contributed by atoms with E-state index in [0.29, 0.717) is 11.6 Å². The van der Waals surface area contributed by atoms with Crippen LogP contribution in [0.3, 0.4) is 0 Å². The molecule has 0 bridgehead atoms. The molecule has 2 aromatic carbocycles. The lowest BCUT2D eigenvalue weighted by Crippen LogP contribution is -2.10. The minimum atomic E-state index is -4.62. The first-order valence-corrected chi connectivity index (χ1v) is 5.55. The highest BCUT2D eigenvalue weighted by Crippen LogP contribution is 2.33. The maximum Gasteiger partial charge on any atom is 0.416 e. The van der Waals surface area contributed by atoms with Gasteiger partial charge < -0.3 is 5.73 Å². The summed E-state index contributed by atoms with van der Waals surface area (Å²) < 4.78 is 51.1. The number of rotatable bonds is 2. The number of benzene rings is 2. The highest BCUT2D eigenvalue weighted by molar-refractivity contribution is 5.93. The Kier molecular flexibility index (Phi) is 3.48. The number of carbonyl (C=O) groups is 1. The van der Waals surface area contributed by atoms with Crippen molar-refractivity contribution in [3.05, 3.63) is 59.4 Å². The summed E-state index contributed by atoms with van der Waals surface area (Å²) in [7, 11) is 0. The van der Waals surface area contributed by atoms with Crippen LogP contribution in [0.2, 0.25) is 0 Å². The van der Waals surface area contributed by atoms with E-state index in [2.05, 4.69) is 0 Å². The number of halogens is 4. The van der Waals surface area contributed by atoms with Gasteiger partial charge in [0.15, 0.2) is 0 Å². The van der Waals surface area contributed by atoms with E-state index in [4.69, 9.17) is 5.73 Å². The third kappa shape index (κ3) is 2.96. The highest BCUT2D eigenvalue weighted by Gasteiger charge is 2.31. The van der Waals surface area contributed by atoms with Gasteiger partial charge in [-0.2, -0.15) is 13.2 Å². The Labute approximate surface area is 111 Å². The van der Waals surface area contributed by atoms with E-state index >= 15 is 0 Å². The lowest BCUT2D eigenvalue weighted by molar-refractivity contribution is -0.137. The summed E-state index contributed by atoms with van der Waals surface area (Å²) in [4.78, 5) is 10.9. The van der Waals surface area contributed by atoms with Gasteiger partial charge in [0.2, 0.25) is 5.91 Å². The molecule has 0 heterocycles. The third-order valence-electron chi connectivity index (χ3n) is 2.73. The standard InChI is InChI=1S/C14H9F4NO/c15-12-6-10(5-11(7-12)14(16,17)18)8-1-3-9(4-2-8)13(19)20/h1-7H,(H2,19,20). The lowest BCUT2D eigenvalue weighted by Gasteiger charge is -2.10. The van der Waals surface area contributed by atoms with Crippen molar-refractivity contribution < 1.29 is 22.4 Å². The smallest absolute Gasteiger partial charge is 0.366 e. The normalized spacial score (nSPS) is 11.4. The van der Waals surface area contributed by atoms with Gasteiger partial charge in [0.25, 0.3) is 0 Å². The van der Waals surface area contributed by atoms with Crippen molar-refractivity contribution in [2.45, 2.75) is 6.18 Å². The highest BCUT2D eigenvalue weighted by atomic mass is 19.4. The predicted octanol–water partition coefficient (Wildman–Crippen LogP) is 3.61. The summed E-state index contributed by atoms with van der Waals surface area (Å²) in [5.74, 6) is -1.62. The van der Waals surface area contributed by atoms with Crippen LogP contribution in [-0.2, 0) is 6.18 Å². The quantitative estimate of drug-likeness (QED) is 0.841. The number of primary amides is 1. The average molecular weight is 283 g/mol. The van der Waals surface area contributed by atoms with Crippen LogP contribution in [-0.4, -0.2) is 5.91 Å². The van der Waals surface area contributed by atoms with E-state index in [9.17, 15) is 22.4 Å². The fraction of sp³-hybridized carbons (Fsp3) is 0.0714. The summed E-state index contributed by atoms with van der Waals surface area (Å²) in [6.07, 6.45) is -4.62. The molecule has 0 spiro atoms. The van der Waals surface area contributed by atoms with Crippen molar-refractivity contribution in [3.63, 3.8) is 0 Å². The Hall–Kier alpha value is -2.37. The number of nitrogens with two attached hydrogens (primary N) is 1. The van der Waals surface area contributed by atoms with Crippen LogP contribution >= 0.6 is 0 Å². The van der Waals surface area contributed by atoms with Gasteiger partial charge in [-0.3, -0.25) is 4.79 Å². The van der Waals surface area contributed by atoms with E-state index in [1.54, 1.807) is 0 Å². The summed E-state index contributed by atoms with van der Waals surface area (Å²) in [5.41, 5.74) is 4.66. The van der Waals surface area contributed by atoms with E-state index in [1.165, 1.54) is 24.3 Å². The summed E-state index contributed by atoms with van der Waals surface area (Å²) in [6.45, 7) is 0. The number of hydrogen-bond donors (Lipinski definition) is 1. The molecule has 1 amide bonds. The SMILES string of the molecule is NC(=O)c1ccc(-c2cc(F)cc(C(F)(F)F)c2)cc1. The number of hydrogen-bond acceptors (Lipinski definition) is 1. The largest absolute Gasteiger partial charge is 0.416 e. The maximum absolute atomic E-state index is 13.3. The fourth-order valence-electron chi connectivity index (χ4n) is 1.75. The fourth-order valence-corrected chi connectivity index (χ4v) is 1.75. The van der Waals surface area contributed by atoms with Gasteiger partial charge in [0.1, 0.15) is 5.82 Å². The molecule has 6 heteroatoms. The van der Waals surface area contributed by atoms with Crippen LogP contribution in [0.15, 0.2) is 42.5 Å². The third-order valence-corrected chi connectivity index (χ3v) is 2.73. The monoisotopic (exact) mass is 283 g/mol. The molecule has 2 aromatic rings. The van der Waals surface area contributed by atoms with Crippen molar-refractivity contribution >= 4 is 5.91 Å². The van der Waals surface area contributed by atoms with Crippen molar-refractivity contribution in [1.29, 1.82) is 0 Å². The predicted molar refractivity (Wildman–Crippen MR) is 65.4 cm³/mol. The maximum atomic E-state index is 13.3. The van der Waals surface area contributed by atoms with Crippen molar-refractivity contribution in [2.75, 3.05) is 0 Å². The van der Waals surface area contributed by atoms with E-state index in [0.717, 1.165) is 12.1 Å². The topological polar surface area (TPSA) is 43.1 Å². The molecule has 0 aliphatic carbocycles. The molecule has 104 valence electrons. The molecule has 0 aromatic heterocycles. The molecule has 0 saturated carbocycles. The van der Waals surface area contributed by atoms with Gasteiger partial charge in [0.05, 0.1) is 5.56 Å². The van der Waals surface area contributed by atoms with Gasteiger partial charge in [-0.1, -0.05) is 12.1 Å². The zero-order valence-corrected chi connectivity index (χ0v) is 10.0. The molecule has 0 saturated heterocycles. The van der Waals surface area contributed by atoms with Crippen molar-refractivity contribution in [2.24, 2.45) is 5.73 Å². The van der Waals surface area contributed by atoms with E-state index in [-0.39, 0.29) is 11.1 Å². The Morgan fingerprint density at radius 1 is 0.950 bits per heavy atom. The van der Waals surface area contributed by atoms with Crippen LogP contribution in [0.25, 0.3) is 11.1 Å². The molecule has 2 nitrogen and oxygen atoms in total. The zero-order valence-electron chi connectivity index (χ0n) is 10.0. The summed E-state index contributed by atoms with van der Waals surface area (Å²) >= 11 is 0. The first-order chi connectivity index (χ1) is 9.27. The van der Waals surface area contributed by atoms with E-state index in [1.807, 2.05) is 0 Å². The Morgan fingerprint density at radius 3 is 2.05 bits per heavy atom. The minimum absolute atomic E-state index is 0.0772. The van der Waals surface area contributed by atoms with Crippen LogP contribution in [0.4, 0.5) is 17.6 Å². The van der Waals surface area contributed by atoms with Gasteiger partial charge >= 0.3 is 6.18 Å². The Bertz CT molecular complexity index is 647. The molecule has 0 aliphatic rings. The minimum Gasteiger partial charge on any atom is -0.366 e. The summed E-state index contributed by atoms with van der Waals surface area (Å²) in [5, 5.41) is 0. The van der Waals surface area contributed by atoms with Crippen LogP contribution in [0.1, 0.15) is 15.9 Å². The average Bonchev–Trinajstić information content (AvgIpc) is 2.37. The second-order valence-electron chi connectivity index (χ2n) is 4.17. The molecule has 0 aliphatic heterocycles. The lowest BCUT2D eigenvalue weighted by atomic mass is 10.0. The molecule has 2 rings (SSSR count). The van der Waals surface area contributed by atoms with E-state index < -0.39 is 23.5 Å². The molecular weight excluding hydrogens is 274 g/mol. The summed E-state index contributed by atoms with van der Waals surface area (Å²) in [6, 6.07) is 7.84. The molecule has 0 atom stereocenters. The molecule has 0 radical (unpaired) electrons. The number of amides is 1. The van der Waals surface area contributed by atoms with Gasteiger partial charge in [-0.15, -0.1) is 0 Å². The zero-order chi connectivity index (χ0) is 14.9. The van der Waals surface area contributed by atoms with Crippen molar-refractivity contribution in [3.8, 4) is 11.1 Å².